The minimum atomic E-state index is -5.48. The van der Waals surface area contributed by atoms with Crippen molar-refractivity contribution in [1.82, 2.24) is 20.1 Å². The number of aromatic nitrogens is 3. The number of carbonyl (C=O) groups is 2. The minimum Gasteiger partial charge on any atom is -0.494 e. The van der Waals surface area contributed by atoms with Crippen molar-refractivity contribution in [3.63, 3.8) is 0 Å². The Balaban J connectivity index is 1.58. The van der Waals surface area contributed by atoms with Crippen LogP contribution in [0.25, 0.3) is 22.2 Å². The number of pyridine rings is 1. The summed E-state index contributed by atoms with van der Waals surface area (Å²) < 4.78 is 85.6. The van der Waals surface area contributed by atoms with Crippen molar-refractivity contribution in [2.45, 2.75) is 44.0 Å². The largest absolute Gasteiger partial charge is 0.494 e. The summed E-state index contributed by atoms with van der Waals surface area (Å²) in [6.45, 7) is -0.0615. The number of fused-ring (bicyclic) bond motifs is 1. The summed E-state index contributed by atoms with van der Waals surface area (Å²) in [7, 11) is 1.35. The number of nitrogens with two attached hydrogens (primary N) is 1. The molecule has 0 aliphatic heterocycles. The highest BCUT2D eigenvalue weighted by atomic mass is 35.5. The first-order chi connectivity index (χ1) is 21.7. The quantitative estimate of drug-likeness (QED) is 0.151. The van der Waals surface area contributed by atoms with Crippen molar-refractivity contribution >= 4 is 34.3 Å². The van der Waals surface area contributed by atoms with Gasteiger partial charge in [-0.15, -0.1) is 0 Å². The highest BCUT2D eigenvalue weighted by Gasteiger charge is 2.57. The van der Waals surface area contributed by atoms with Crippen molar-refractivity contribution < 1.29 is 46.1 Å². The van der Waals surface area contributed by atoms with Crippen molar-refractivity contribution in [2.75, 3.05) is 20.3 Å². The lowest BCUT2D eigenvalue weighted by atomic mass is 9.93. The first kappa shape index (κ1) is 32.9. The number of ether oxygens (including phenoxy) is 2. The number of methoxy groups -OCH3 is 1. The topological polar surface area (TPSA) is 142 Å². The number of amides is 2. The first-order valence-electron chi connectivity index (χ1n) is 13.9. The Hall–Kier alpha value is -4.50. The zero-order valence-electron chi connectivity index (χ0n) is 24.3. The lowest BCUT2D eigenvalue weighted by Gasteiger charge is -2.31. The number of hydrogen-bond donors (Lipinski definition) is 3. The fraction of sp³-hybridized carbons (Fsp3) is 0.333. The fourth-order valence-corrected chi connectivity index (χ4v) is 5.05. The van der Waals surface area contributed by atoms with Crippen LogP contribution in [0.5, 0.6) is 11.5 Å². The Bertz CT molecular complexity index is 1850. The van der Waals surface area contributed by atoms with Gasteiger partial charge in [0, 0.05) is 34.3 Å². The molecule has 5 rings (SSSR count). The minimum absolute atomic E-state index is 0.0815. The number of alkyl halides is 3. The molecule has 4 N–H and O–H groups in total. The molecule has 1 atom stereocenters. The number of nitrogens with zero attached hydrogens (tertiary/aromatic N) is 3. The Kier molecular flexibility index (Phi) is 8.84. The van der Waals surface area contributed by atoms with Crippen LogP contribution in [0.2, 0.25) is 5.02 Å². The second-order valence-electron chi connectivity index (χ2n) is 10.7. The molecule has 0 unspecified atom stereocenters. The van der Waals surface area contributed by atoms with Gasteiger partial charge >= 0.3 is 6.18 Å². The van der Waals surface area contributed by atoms with E-state index in [-0.39, 0.29) is 35.3 Å². The molecule has 10 nitrogen and oxygen atoms in total. The predicted molar refractivity (Wildman–Crippen MR) is 156 cm³/mol. The zero-order chi connectivity index (χ0) is 33.6. The van der Waals surface area contributed by atoms with Gasteiger partial charge in [0.15, 0.2) is 0 Å². The third kappa shape index (κ3) is 6.29. The maximum absolute atomic E-state index is 15.0. The van der Waals surface area contributed by atoms with E-state index in [0.29, 0.717) is 17.0 Å². The fourth-order valence-electron chi connectivity index (χ4n) is 4.89. The molecule has 2 aromatic carbocycles. The smallest absolute Gasteiger partial charge is 0.424 e. The van der Waals surface area contributed by atoms with E-state index < -0.39 is 70.2 Å². The molecule has 2 aromatic heterocycles. The number of aliphatic hydroxyl groups is 1. The average molecular weight is 668 g/mol. The summed E-state index contributed by atoms with van der Waals surface area (Å²) in [5.41, 5.74) is -0.802. The van der Waals surface area contributed by atoms with E-state index in [4.69, 9.17) is 26.8 Å². The summed E-state index contributed by atoms with van der Waals surface area (Å²) in [5, 5.41) is 17.7. The summed E-state index contributed by atoms with van der Waals surface area (Å²) in [6.07, 6.45) is -2.62. The van der Waals surface area contributed by atoms with Crippen LogP contribution in [0, 0.1) is 11.6 Å². The molecule has 0 bridgehead atoms. The molecule has 1 saturated carbocycles. The first-order valence-corrected chi connectivity index (χ1v) is 14.3. The maximum Gasteiger partial charge on any atom is 0.424 e. The molecule has 1 fully saturated rings. The Labute approximate surface area is 263 Å². The average Bonchev–Trinajstić information content (AvgIpc) is 3.75. The Morgan fingerprint density at radius 2 is 1.87 bits per heavy atom. The van der Waals surface area contributed by atoms with Gasteiger partial charge in [-0.3, -0.25) is 14.3 Å². The standard InChI is InChI=1S/C30H27ClF5N5O5/c1-3-46-27-14(9-24(37)42)8-23(39-26(27)18-10-19(31)21(33)11-20(18)32)29(44,30(34,35)36)13-38-28(43)15-6-16-12-41(17-4-5-17)40-25(16)22(7-15)45-2/h6-8,10-12,17,44H,3-5,9,13H2,1-2H3,(H2,37,42)(H,38,43)/t29-/m0/s1. The van der Waals surface area contributed by atoms with Crippen molar-refractivity contribution in [3.8, 4) is 22.8 Å². The van der Waals surface area contributed by atoms with Gasteiger partial charge in [0.25, 0.3) is 5.91 Å². The van der Waals surface area contributed by atoms with Gasteiger partial charge in [0.1, 0.15) is 34.3 Å². The molecule has 1 aliphatic carbocycles. The molecule has 2 heterocycles. The normalized spacial score (nSPS) is 14.6. The number of rotatable bonds is 11. The van der Waals surface area contributed by atoms with Crippen molar-refractivity contribution in [1.29, 1.82) is 0 Å². The van der Waals surface area contributed by atoms with Gasteiger partial charge in [-0.1, -0.05) is 11.6 Å². The maximum atomic E-state index is 15.0. The van der Waals surface area contributed by atoms with Crippen LogP contribution in [-0.4, -0.2) is 58.1 Å². The third-order valence-corrected chi connectivity index (χ3v) is 7.65. The van der Waals surface area contributed by atoms with E-state index in [9.17, 15) is 32.3 Å². The van der Waals surface area contributed by atoms with Crippen molar-refractivity contribution in [3.05, 3.63) is 70.0 Å². The number of benzene rings is 2. The molecular weight excluding hydrogens is 641 g/mol. The molecule has 0 spiro atoms. The summed E-state index contributed by atoms with van der Waals surface area (Å²) >= 11 is 5.84. The summed E-state index contributed by atoms with van der Waals surface area (Å²) in [5.74, 6) is -4.55. The lowest BCUT2D eigenvalue weighted by Crippen LogP contribution is -2.51. The van der Waals surface area contributed by atoms with Crippen LogP contribution in [0.3, 0.4) is 0 Å². The number of nitrogens with one attached hydrogen (secondary N) is 1. The molecule has 0 saturated heterocycles. The van der Waals surface area contributed by atoms with Crippen molar-refractivity contribution in [2.24, 2.45) is 5.73 Å². The SMILES string of the molecule is CCOc1c(CC(N)=O)cc([C@@](O)(CNC(=O)c2cc(OC)c3nn(C4CC4)cc3c2)C(F)(F)F)nc1-c1cc(Cl)c(F)cc1F. The van der Waals surface area contributed by atoms with E-state index >= 15 is 4.39 Å². The van der Waals surface area contributed by atoms with Crippen LogP contribution >= 0.6 is 11.6 Å². The van der Waals surface area contributed by atoms with Gasteiger partial charge in [-0.05, 0) is 44.0 Å². The zero-order valence-corrected chi connectivity index (χ0v) is 25.1. The van der Waals surface area contributed by atoms with E-state index in [1.165, 1.54) is 26.2 Å². The monoisotopic (exact) mass is 667 g/mol. The highest BCUT2D eigenvalue weighted by Crippen LogP contribution is 2.43. The summed E-state index contributed by atoms with van der Waals surface area (Å²) in [4.78, 5) is 29.0. The molecule has 244 valence electrons. The molecule has 1 aliphatic rings. The molecule has 46 heavy (non-hydrogen) atoms. The number of halogens is 6. The van der Waals surface area contributed by atoms with Gasteiger partial charge in [-0.25, -0.2) is 13.8 Å². The predicted octanol–water partition coefficient (Wildman–Crippen LogP) is 4.98. The number of hydrogen-bond acceptors (Lipinski definition) is 7. The van der Waals surface area contributed by atoms with Gasteiger partial charge in [0.2, 0.25) is 11.5 Å². The second kappa shape index (κ2) is 12.4. The molecule has 2 amide bonds. The van der Waals surface area contributed by atoms with E-state index in [2.05, 4.69) is 15.4 Å². The van der Waals surface area contributed by atoms with Gasteiger partial charge < -0.3 is 25.6 Å². The van der Waals surface area contributed by atoms with Crippen LogP contribution in [0.15, 0.2) is 36.5 Å². The van der Waals surface area contributed by atoms with Crippen LogP contribution in [-0.2, 0) is 16.8 Å². The van der Waals surface area contributed by atoms with E-state index in [0.717, 1.165) is 25.0 Å². The molecule has 16 heteroatoms. The number of primary amides is 1. The lowest BCUT2D eigenvalue weighted by molar-refractivity contribution is -0.265. The third-order valence-electron chi connectivity index (χ3n) is 7.36. The van der Waals surface area contributed by atoms with Gasteiger partial charge in [0.05, 0.1) is 43.4 Å². The summed E-state index contributed by atoms with van der Waals surface area (Å²) in [6, 6.07) is 4.83. The van der Waals surface area contributed by atoms with Crippen LogP contribution in [0.1, 0.15) is 47.4 Å². The van der Waals surface area contributed by atoms with Gasteiger partial charge in [-0.2, -0.15) is 18.3 Å². The molecular formula is C30H27ClF5N5O5. The van der Waals surface area contributed by atoms with Crippen LogP contribution in [0.4, 0.5) is 22.0 Å². The Morgan fingerprint density at radius 1 is 1.15 bits per heavy atom. The highest BCUT2D eigenvalue weighted by molar-refractivity contribution is 6.31. The Morgan fingerprint density at radius 3 is 2.48 bits per heavy atom. The second-order valence-corrected chi connectivity index (χ2v) is 11.1. The molecule has 0 radical (unpaired) electrons. The van der Waals surface area contributed by atoms with E-state index in [1.807, 2.05) is 0 Å². The van der Waals surface area contributed by atoms with Crippen LogP contribution < -0.4 is 20.5 Å². The van der Waals surface area contributed by atoms with E-state index in [1.54, 1.807) is 10.9 Å². The number of carbonyl (C=O) groups excluding carboxylic acids is 2. The molecule has 4 aromatic rings.